The van der Waals surface area contributed by atoms with Crippen LogP contribution in [-0.4, -0.2) is 48.3 Å². The Morgan fingerprint density at radius 2 is 1.08 bits per heavy atom. The Balaban J connectivity index is 4.10. The number of carbonyl (C=O) groups is 4. The highest BCUT2D eigenvalue weighted by molar-refractivity contribution is 6.17. The minimum atomic E-state index is -2.30. The molecule has 0 unspecified atom stereocenters. The third-order valence-electron chi connectivity index (χ3n) is 4.38. The summed E-state index contributed by atoms with van der Waals surface area (Å²) in [6, 6.07) is 0. The van der Waals surface area contributed by atoms with Crippen LogP contribution < -0.4 is 0 Å². The predicted octanol–water partition coefficient (Wildman–Crippen LogP) is 2.78. The molecule has 0 atom stereocenters. The molecule has 0 rings (SSSR count). The van der Waals surface area contributed by atoms with Crippen LogP contribution in [0.15, 0.2) is 0 Å². The molecule has 26 heavy (non-hydrogen) atoms. The van der Waals surface area contributed by atoms with E-state index in [2.05, 4.69) is 9.47 Å². The number of carbonyl (C=O) groups excluding carboxylic acids is 2. The Morgan fingerprint density at radius 1 is 0.692 bits per heavy atom. The first-order valence-corrected chi connectivity index (χ1v) is 8.95. The molecule has 0 amide bonds. The summed E-state index contributed by atoms with van der Waals surface area (Å²) in [5.74, 6) is -4.55. The van der Waals surface area contributed by atoms with E-state index >= 15 is 0 Å². The number of ether oxygens (including phenoxy) is 2. The highest BCUT2D eigenvalue weighted by Crippen LogP contribution is 2.29. The Hall–Kier alpha value is -2.12. The standard InChI is InChI=1S/C18H30O8/c1-25-16(23)18(15(21)22,17(24)26-2)13-11-9-7-5-3-4-6-8-10-12-14(19)20/h3-13H2,1-2H3,(H,19,20)(H,21,22). The lowest BCUT2D eigenvalue weighted by atomic mass is 9.82. The van der Waals surface area contributed by atoms with Crippen molar-refractivity contribution in [3.63, 3.8) is 0 Å². The molecule has 8 heteroatoms. The quantitative estimate of drug-likeness (QED) is 0.254. The Bertz CT molecular complexity index is 456. The Kier molecular flexibility index (Phi) is 12.1. The molecule has 0 aliphatic heterocycles. The molecule has 8 nitrogen and oxygen atoms in total. The lowest BCUT2D eigenvalue weighted by molar-refractivity contribution is -0.179. The maximum atomic E-state index is 11.9. The predicted molar refractivity (Wildman–Crippen MR) is 92.5 cm³/mol. The van der Waals surface area contributed by atoms with E-state index in [0.717, 1.165) is 52.7 Å². The van der Waals surface area contributed by atoms with Crippen LogP contribution in [0, 0.1) is 5.41 Å². The van der Waals surface area contributed by atoms with Gasteiger partial charge in [0.15, 0.2) is 0 Å². The highest BCUT2D eigenvalue weighted by Gasteiger charge is 2.55. The molecule has 0 aliphatic carbocycles. The number of aliphatic carboxylic acids is 2. The van der Waals surface area contributed by atoms with E-state index in [1.165, 1.54) is 0 Å². The maximum Gasteiger partial charge on any atom is 0.334 e. The van der Waals surface area contributed by atoms with E-state index in [-0.39, 0.29) is 12.8 Å². The van der Waals surface area contributed by atoms with Gasteiger partial charge in [-0.1, -0.05) is 51.4 Å². The van der Waals surface area contributed by atoms with Gasteiger partial charge < -0.3 is 19.7 Å². The van der Waals surface area contributed by atoms with Crippen molar-refractivity contribution >= 4 is 23.9 Å². The normalized spacial score (nSPS) is 11.0. The summed E-state index contributed by atoms with van der Waals surface area (Å²) in [7, 11) is 2.08. The first-order valence-electron chi connectivity index (χ1n) is 8.95. The average Bonchev–Trinajstić information content (AvgIpc) is 2.61. The van der Waals surface area contributed by atoms with Crippen LogP contribution in [0.25, 0.3) is 0 Å². The van der Waals surface area contributed by atoms with E-state index in [1.54, 1.807) is 0 Å². The van der Waals surface area contributed by atoms with Gasteiger partial charge in [-0.05, 0) is 12.8 Å². The summed E-state index contributed by atoms with van der Waals surface area (Å²) in [5.41, 5.74) is -2.30. The first kappa shape index (κ1) is 23.9. The molecule has 0 heterocycles. The van der Waals surface area contributed by atoms with Crippen molar-refractivity contribution in [3.8, 4) is 0 Å². The molecule has 0 aliphatic rings. The van der Waals surface area contributed by atoms with Gasteiger partial charge in [0.1, 0.15) is 0 Å². The van der Waals surface area contributed by atoms with Crippen LogP contribution in [-0.2, 0) is 28.7 Å². The van der Waals surface area contributed by atoms with Crippen molar-refractivity contribution < 1.29 is 38.9 Å². The highest BCUT2D eigenvalue weighted by atomic mass is 16.5. The molecular weight excluding hydrogens is 344 g/mol. The van der Waals surface area contributed by atoms with Crippen molar-refractivity contribution in [2.75, 3.05) is 14.2 Å². The third kappa shape index (κ3) is 7.84. The van der Waals surface area contributed by atoms with Gasteiger partial charge in [-0.2, -0.15) is 0 Å². The number of methoxy groups -OCH3 is 2. The molecule has 0 fully saturated rings. The monoisotopic (exact) mass is 374 g/mol. The number of unbranched alkanes of at least 4 members (excludes halogenated alkanes) is 8. The lowest BCUT2D eigenvalue weighted by Gasteiger charge is -2.23. The van der Waals surface area contributed by atoms with E-state index in [4.69, 9.17) is 5.11 Å². The maximum absolute atomic E-state index is 11.9. The van der Waals surface area contributed by atoms with Crippen molar-refractivity contribution in [3.05, 3.63) is 0 Å². The van der Waals surface area contributed by atoms with E-state index < -0.39 is 29.3 Å². The minimum Gasteiger partial charge on any atom is -0.481 e. The van der Waals surface area contributed by atoms with Crippen LogP contribution >= 0.6 is 0 Å². The van der Waals surface area contributed by atoms with Crippen molar-refractivity contribution in [1.29, 1.82) is 0 Å². The van der Waals surface area contributed by atoms with Gasteiger partial charge in [-0.25, -0.2) is 0 Å². The van der Waals surface area contributed by atoms with Gasteiger partial charge >= 0.3 is 23.9 Å². The summed E-state index contributed by atoms with van der Waals surface area (Å²) in [6.07, 6.45) is 7.65. The van der Waals surface area contributed by atoms with Crippen LogP contribution in [0.4, 0.5) is 0 Å². The van der Waals surface area contributed by atoms with E-state index in [1.807, 2.05) is 0 Å². The van der Waals surface area contributed by atoms with E-state index in [0.29, 0.717) is 19.3 Å². The van der Waals surface area contributed by atoms with Gasteiger partial charge in [0.2, 0.25) is 0 Å². The van der Waals surface area contributed by atoms with Crippen molar-refractivity contribution in [1.82, 2.24) is 0 Å². The minimum absolute atomic E-state index is 0.156. The number of carboxylic acid groups (broad SMARTS) is 2. The number of rotatable bonds is 15. The molecule has 0 radical (unpaired) electrons. The van der Waals surface area contributed by atoms with Crippen LogP contribution in [0.1, 0.15) is 70.6 Å². The zero-order valence-electron chi connectivity index (χ0n) is 15.6. The Labute approximate surface area is 153 Å². The second-order valence-corrected chi connectivity index (χ2v) is 6.27. The third-order valence-corrected chi connectivity index (χ3v) is 4.38. The van der Waals surface area contributed by atoms with Gasteiger partial charge in [-0.15, -0.1) is 0 Å². The number of hydrogen-bond acceptors (Lipinski definition) is 6. The van der Waals surface area contributed by atoms with Gasteiger partial charge in [0, 0.05) is 6.42 Å². The van der Waals surface area contributed by atoms with Crippen LogP contribution in [0.2, 0.25) is 0 Å². The fourth-order valence-electron chi connectivity index (χ4n) is 2.82. The number of esters is 2. The lowest BCUT2D eigenvalue weighted by Crippen LogP contribution is -2.47. The molecule has 0 spiro atoms. The zero-order valence-corrected chi connectivity index (χ0v) is 15.6. The fraction of sp³-hybridized carbons (Fsp3) is 0.778. The summed E-state index contributed by atoms with van der Waals surface area (Å²) < 4.78 is 9.00. The molecular formula is C18H30O8. The number of hydrogen-bond donors (Lipinski definition) is 2. The average molecular weight is 374 g/mol. The van der Waals surface area contributed by atoms with Crippen LogP contribution in [0.3, 0.4) is 0 Å². The molecule has 2 N–H and O–H groups in total. The van der Waals surface area contributed by atoms with Gasteiger partial charge in [-0.3, -0.25) is 19.2 Å². The Morgan fingerprint density at radius 3 is 1.42 bits per heavy atom. The zero-order chi connectivity index (χ0) is 20.0. The molecule has 0 bridgehead atoms. The van der Waals surface area contributed by atoms with Crippen molar-refractivity contribution in [2.45, 2.75) is 70.6 Å². The first-order chi connectivity index (χ1) is 12.3. The smallest absolute Gasteiger partial charge is 0.334 e. The topological polar surface area (TPSA) is 127 Å². The molecule has 0 aromatic heterocycles. The molecule has 0 aromatic carbocycles. The summed E-state index contributed by atoms with van der Waals surface area (Å²) in [5, 5.41) is 17.9. The summed E-state index contributed by atoms with van der Waals surface area (Å²) in [6.45, 7) is 0. The molecule has 0 saturated heterocycles. The molecule has 0 aromatic rings. The van der Waals surface area contributed by atoms with Crippen LogP contribution in [0.5, 0.6) is 0 Å². The van der Waals surface area contributed by atoms with E-state index in [9.17, 15) is 24.3 Å². The SMILES string of the molecule is COC(=O)C(CCCCCCCCCCCC(=O)O)(C(=O)O)C(=O)OC. The summed E-state index contributed by atoms with van der Waals surface area (Å²) in [4.78, 5) is 45.6. The van der Waals surface area contributed by atoms with Crippen molar-refractivity contribution in [2.24, 2.45) is 5.41 Å². The molecule has 0 saturated carbocycles. The largest absolute Gasteiger partial charge is 0.481 e. The second kappa shape index (κ2) is 13.1. The van der Waals surface area contributed by atoms with Gasteiger partial charge in [0.25, 0.3) is 5.41 Å². The fourth-order valence-corrected chi connectivity index (χ4v) is 2.82. The molecule has 150 valence electrons. The second-order valence-electron chi connectivity index (χ2n) is 6.27. The summed E-state index contributed by atoms with van der Waals surface area (Å²) >= 11 is 0. The van der Waals surface area contributed by atoms with Gasteiger partial charge in [0.05, 0.1) is 14.2 Å². The number of carboxylic acids is 2.